The molecule has 1 aromatic heterocycles. The van der Waals surface area contributed by atoms with Gasteiger partial charge in [0, 0.05) is 50.6 Å². The lowest BCUT2D eigenvalue weighted by molar-refractivity contribution is -0.131. The van der Waals surface area contributed by atoms with Gasteiger partial charge in [0.1, 0.15) is 5.69 Å². The van der Waals surface area contributed by atoms with Gasteiger partial charge in [-0.1, -0.05) is 91.0 Å². The first-order valence-corrected chi connectivity index (χ1v) is 15.4. The maximum Gasteiger partial charge on any atom is 0.273 e. The Balaban J connectivity index is 1.04. The maximum atomic E-state index is 13.4. The van der Waals surface area contributed by atoms with Crippen LogP contribution in [0.5, 0.6) is 0 Å². The second kappa shape index (κ2) is 12.8. The number of piperidine rings is 1. The average molecular weight is 565 g/mol. The number of benzene rings is 3. The topological polar surface area (TPSA) is 56.8 Å². The van der Waals surface area contributed by atoms with E-state index in [0.717, 1.165) is 49.6 Å². The van der Waals surface area contributed by atoms with Gasteiger partial charge in [0.15, 0.2) is 0 Å². The number of carbonyl (C=O) groups excluding carboxylic acids is 2. The molecule has 2 amide bonds. The van der Waals surface area contributed by atoms with Crippen molar-refractivity contribution in [1.82, 2.24) is 19.7 Å². The molecular weight excluding hydrogens is 528 g/mol. The van der Waals surface area contributed by atoms with Gasteiger partial charge in [-0.2, -0.15) is 0 Å². The molecular formula is C34H36N4O2S. The lowest BCUT2D eigenvalue weighted by Gasteiger charge is -2.39. The summed E-state index contributed by atoms with van der Waals surface area (Å²) >= 11 is 1.59. The Morgan fingerprint density at radius 2 is 1.29 bits per heavy atom. The molecule has 210 valence electrons. The highest BCUT2D eigenvalue weighted by Gasteiger charge is 2.31. The fourth-order valence-electron chi connectivity index (χ4n) is 6.06. The molecule has 2 aliphatic rings. The van der Waals surface area contributed by atoms with E-state index in [1.54, 1.807) is 11.3 Å². The van der Waals surface area contributed by atoms with Gasteiger partial charge in [0.25, 0.3) is 5.91 Å². The number of piperazine rings is 1. The summed E-state index contributed by atoms with van der Waals surface area (Å²) in [5.41, 5.74) is 4.16. The van der Waals surface area contributed by atoms with Gasteiger partial charge in [0.05, 0.1) is 17.5 Å². The van der Waals surface area contributed by atoms with Gasteiger partial charge in [-0.05, 0) is 29.5 Å². The fourth-order valence-corrected chi connectivity index (χ4v) is 7.03. The standard InChI is InChI=1S/C34H36N4O2S/c39-31(24-26-10-4-1-5-11-26)36-18-16-29(17-19-36)33-35-30(25-41-33)34(40)38-22-20-37(21-23-38)32(27-12-6-2-7-13-27)28-14-8-3-9-15-28/h1-15,25,29,32H,16-24H2. The first kappa shape index (κ1) is 27.4. The molecule has 0 N–H and O–H groups in total. The first-order valence-electron chi connectivity index (χ1n) is 14.6. The summed E-state index contributed by atoms with van der Waals surface area (Å²) < 4.78 is 0. The highest BCUT2D eigenvalue weighted by atomic mass is 32.1. The van der Waals surface area contributed by atoms with Crippen LogP contribution in [-0.4, -0.2) is 70.8 Å². The van der Waals surface area contributed by atoms with E-state index in [0.29, 0.717) is 31.1 Å². The van der Waals surface area contributed by atoms with Gasteiger partial charge < -0.3 is 9.80 Å². The number of amides is 2. The fraction of sp³-hybridized carbons (Fsp3) is 0.324. The van der Waals surface area contributed by atoms with Gasteiger partial charge >= 0.3 is 0 Å². The Morgan fingerprint density at radius 3 is 1.88 bits per heavy atom. The van der Waals surface area contributed by atoms with Crippen molar-refractivity contribution in [1.29, 1.82) is 0 Å². The van der Waals surface area contributed by atoms with E-state index >= 15 is 0 Å². The van der Waals surface area contributed by atoms with Crippen LogP contribution in [0, 0.1) is 0 Å². The van der Waals surface area contributed by atoms with E-state index < -0.39 is 0 Å². The van der Waals surface area contributed by atoms with Crippen molar-refractivity contribution in [3.63, 3.8) is 0 Å². The largest absolute Gasteiger partial charge is 0.342 e. The number of rotatable bonds is 7. The van der Waals surface area contributed by atoms with Crippen molar-refractivity contribution >= 4 is 23.2 Å². The summed E-state index contributed by atoms with van der Waals surface area (Å²) in [4.78, 5) is 37.4. The first-order chi connectivity index (χ1) is 20.2. The molecule has 6 nitrogen and oxygen atoms in total. The predicted octanol–water partition coefficient (Wildman–Crippen LogP) is 5.64. The highest BCUT2D eigenvalue weighted by Crippen LogP contribution is 2.32. The number of aromatic nitrogens is 1. The summed E-state index contributed by atoms with van der Waals surface area (Å²) in [6.07, 6.45) is 2.23. The van der Waals surface area contributed by atoms with E-state index in [9.17, 15) is 9.59 Å². The van der Waals surface area contributed by atoms with E-state index in [1.165, 1.54) is 11.1 Å². The predicted molar refractivity (Wildman–Crippen MR) is 163 cm³/mol. The van der Waals surface area contributed by atoms with Gasteiger partial charge in [0.2, 0.25) is 5.91 Å². The van der Waals surface area contributed by atoms with Crippen molar-refractivity contribution in [2.24, 2.45) is 0 Å². The minimum Gasteiger partial charge on any atom is -0.342 e. The smallest absolute Gasteiger partial charge is 0.273 e. The van der Waals surface area contributed by atoms with E-state index in [1.807, 2.05) is 45.5 Å². The van der Waals surface area contributed by atoms with Gasteiger partial charge in [-0.15, -0.1) is 11.3 Å². The van der Waals surface area contributed by atoms with Crippen LogP contribution in [0.2, 0.25) is 0 Å². The molecule has 2 saturated heterocycles. The Bertz CT molecular complexity index is 1390. The Kier molecular flexibility index (Phi) is 8.54. The zero-order valence-corrected chi connectivity index (χ0v) is 24.1. The summed E-state index contributed by atoms with van der Waals surface area (Å²) in [6.45, 7) is 4.48. The Hall–Kier alpha value is -3.81. The molecule has 7 heteroatoms. The lowest BCUT2D eigenvalue weighted by atomic mass is 9.96. The quantitative estimate of drug-likeness (QED) is 0.292. The molecule has 6 rings (SSSR count). The minimum absolute atomic E-state index is 0.0265. The average Bonchev–Trinajstić information content (AvgIpc) is 3.53. The third-order valence-corrected chi connectivity index (χ3v) is 9.34. The number of hydrogen-bond acceptors (Lipinski definition) is 5. The number of carbonyl (C=O) groups is 2. The normalized spacial score (nSPS) is 16.7. The monoisotopic (exact) mass is 564 g/mol. The van der Waals surface area contributed by atoms with Crippen LogP contribution in [0.3, 0.4) is 0 Å². The lowest BCUT2D eigenvalue weighted by Crippen LogP contribution is -2.50. The van der Waals surface area contributed by atoms with Crippen LogP contribution in [0.1, 0.15) is 57.0 Å². The number of likely N-dealkylation sites (tertiary alicyclic amines) is 1. The molecule has 41 heavy (non-hydrogen) atoms. The van der Waals surface area contributed by atoms with Crippen LogP contribution in [0.25, 0.3) is 0 Å². The third-order valence-electron chi connectivity index (χ3n) is 8.33. The summed E-state index contributed by atoms with van der Waals surface area (Å²) in [5.74, 6) is 0.515. The third kappa shape index (κ3) is 6.42. The van der Waals surface area contributed by atoms with Crippen LogP contribution in [-0.2, 0) is 11.2 Å². The molecule has 3 heterocycles. The van der Waals surface area contributed by atoms with Crippen molar-refractivity contribution in [2.75, 3.05) is 39.3 Å². The van der Waals surface area contributed by atoms with Crippen LogP contribution >= 0.6 is 11.3 Å². The molecule has 0 bridgehead atoms. The molecule has 0 saturated carbocycles. The molecule has 2 aliphatic heterocycles. The second-order valence-corrected chi connectivity index (χ2v) is 11.8. The van der Waals surface area contributed by atoms with Crippen molar-refractivity contribution in [3.05, 3.63) is 124 Å². The highest BCUT2D eigenvalue weighted by molar-refractivity contribution is 7.09. The van der Waals surface area contributed by atoms with Gasteiger partial charge in [-0.25, -0.2) is 4.98 Å². The maximum absolute atomic E-state index is 13.4. The summed E-state index contributed by atoms with van der Waals surface area (Å²) in [5, 5.41) is 2.95. The molecule has 0 atom stereocenters. The molecule has 4 aromatic rings. The second-order valence-electron chi connectivity index (χ2n) is 10.9. The van der Waals surface area contributed by atoms with Crippen molar-refractivity contribution in [3.8, 4) is 0 Å². The van der Waals surface area contributed by atoms with Crippen molar-refractivity contribution in [2.45, 2.75) is 31.2 Å². The number of nitrogens with zero attached hydrogens (tertiary/aromatic N) is 4. The van der Waals surface area contributed by atoms with Crippen LogP contribution in [0.15, 0.2) is 96.4 Å². The molecule has 0 aliphatic carbocycles. The zero-order valence-electron chi connectivity index (χ0n) is 23.3. The molecule has 0 spiro atoms. The minimum atomic E-state index is 0.0265. The van der Waals surface area contributed by atoms with E-state index in [2.05, 4.69) is 65.6 Å². The summed E-state index contributed by atoms with van der Waals surface area (Å²) in [6, 6.07) is 31.3. The Morgan fingerprint density at radius 1 is 0.732 bits per heavy atom. The molecule has 2 fully saturated rings. The molecule has 3 aromatic carbocycles. The Labute approximate surface area is 246 Å². The summed E-state index contributed by atoms with van der Waals surface area (Å²) in [7, 11) is 0. The van der Waals surface area contributed by atoms with Crippen LogP contribution < -0.4 is 0 Å². The van der Waals surface area contributed by atoms with E-state index in [4.69, 9.17) is 4.98 Å². The van der Waals surface area contributed by atoms with Crippen LogP contribution in [0.4, 0.5) is 0 Å². The molecule has 0 radical (unpaired) electrons. The van der Waals surface area contributed by atoms with Gasteiger partial charge in [-0.3, -0.25) is 14.5 Å². The number of thiazole rings is 1. The zero-order chi connectivity index (χ0) is 28.0. The molecule has 0 unspecified atom stereocenters. The van der Waals surface area contributed by atoms with Crippen molar-refractivity contribution < 1.29 is 9.59 Å². The SMILES string of the molecule is O=C(Cc1ccccc1)N1CCC(c2nc(C(=O)N3CCN(C(c4ccccc4)c4ccccc4)CC3)cs2)CC1. The number of hydrogen-bond donors (Lipinski definition) is 0. The van der Waals surface area contributed by atoms with E-state index in [-0.39, 0.29) is 17.9 Å².